The van der Waals surface area contributed by atoms with E-state index in [2.05, 4.69) is 29.6 Å². The maximum absolute atomic E-state index is 10.9. The third kappa shape index (κ3) is 11.3. The third-order valence-electron chi connectivity index (χ3n) is 2.25. The van der Waals surface area contributed by atoms with Crippen LogP contribution >= 0.6 is 0 Å². The number of nitrogens with zero attached hydrogens (tertiary/aromatic N) is 1. The molecule has 15 heavy (non-hydrogen) atoms. The zero-order valence-electron chi connectivity index (χ0n) is 10.3. The summed E-state index contributed by atoms with van der Waals surface area (Å²) in [4.78, 5) is 13.1. The summed E-state index contributed by atoms with van der Waals surface area (Å²) in [5.41, 5.74) is 0. The second kappa shape index (κ2) is 9.93. The topological polar surface area (TPSA) is 44.4 Å². The first-order valence-corrected chi connectivity index (χ1v) is 5.73. The van der Waals surface area contributed by atoms with Crippen molar-refractivity contribution in [1.29, 1.82) is 0 Å². The minimum absolute atomic E-state index is 0.129. The van der Waals surface area contributed by atoms with Crippen molar-refractivity contribution >= 4 is 5.91 Å². The highest BCUT2D eigenvalue weighted by atomic mass is 16.1. The predicted molar refractivity (Wildman–Crippen MR) is 64.0 cm³/mol. The Hall–Kier alpha value is -0.610. The van der Waals surface area contributed by atoms with E-state index < -0.39 is 0 Å². The van der Waals surface area contributed by atoms with E-state index in [1.165, 1.54) is 12.8 Å². The predicted octanol–water partition coefficient (Wildman–Crippen LogP) is 0.444. The number of hydrogen-bond acceptors (Lipinski definition) is 3. The molecule has 0 heterocycles. The molecule has 90 valence electrons. The van der Waals surface area contributed by atoms with Crippen LogP contribution in [0.15, 0.2) is 0 Å². The van der Waals surface area contributed by atoms with Gasteiger partial charge in [0.15, 0.2) is 0 Å². The Morgan fingerprint density at radius 3 is 2.40 bits per heavy atom. The molecule has 0 fully saturated rings. The summed E-state index contributed by atoms with van der Waals surface area (Å²) in [5, 5.41) is 5.96. The Balaban J connectivity index is 3.02. The number of unbranched alkanes of at least 4 members (excludes halogenated alkanes) is 1. The van der Waals surface area contributed by atoms with Crippen molar-refractivity contribution in [2.24, 2.45) is 0 Å². The number of amides is 1. The first-order valence-electron chi connectivity index (χ1n) is 5.73. The highest BCUT2D eigenvalue weighted by molar-refractivity contribution is 5.75. The third-order valence-corrected chi connectivity index (χ3v) is 2.25. The van der Waals surface area contributed by atoms with E-state index in [9.17, 15) is 4.79 Å². The number of carbonyl (C=O) groups is 1. The molecular formula is C11H25N3O. The average Bonchev–Trinajstić information content (AvgIpc) is 2.21. The molecule has 4 heteroatoms. The molecule has 0 spiro atoms. The van der Waals surface area contributed by atoms with Gasteiger partial charge in [-0.25, -0.2) is 0 Å². The van der Waals surface area contributed by atoms with Gasteiger partial charge in [0.2, 0.25) is 5.91 Å². The van der Waals surface area contributed by atoms with Gasteiger partial charge in [0.25, 0.3) is 0 Å². The molecular weight excluding hydrogens is 190 g/mol. The van der Waals surface area contributed by atoms with Crippen LogP contribution in [0.2, 0.25) is 0 Å². The smallest absolute Gasteiger partial charge is 0.219 e. The number of nitrogens with one attached hydrogen (secondary N) is 2. The van der Waals surface area contributed by atoms with Crippen LogP contribution in [-0.2, 0) is 4.79 Å². The normalized spacial score (nSPS) is 10.7. The lowest BCUT2D eigenvalue weighted by Crippen LogP contribution is -2.22. The molecule has 0 aliphatic rings. The summed E-state index contributed by atoms with van der Waals surface area (Å²) in [6.45, 7) is 3.15. The van der Waals surface area contributed by atoms with Crippen molar-refractivity contribution in [3.8, 4) is 0 Å². The van der Waals surface area contributed by atoms with Gasteiger partial charge in [-0.15, -0.1) is 0 Å². The molecule has 0 aliphatic heterocycles. The largest absolute Gasteiger partial charge is 0.359 e. The van der Waals surface area contributed by atoms with Crippen LogP contribution in [0.1, 0.15) is 25.7 Å². The zero-order valence-corrected chi connectivity index (χ0v) is 10.3. The fourth-order valence-electron chi connectivity index (χ4n) is 1.30. The van der Waals surface area contributed by atoms with E-state index in [0.29, 0.717) is 6.42 Å². The maximum atomic E-state index is 10.9. The van der Waals surface area contributed by atoms with Crippen molar-refractivity contribution in [2.45, 2.75) is 25.7 Å². The van der Waals surface area contributed by atoms with E-state index in [-0.39, 0.29) is 5.91 Å². The molecule has 0 aromatic heterocycles. The molecule has 0 aromatic carbocycles. The quantitative estimate of drug-likeness (QED) is 0.549. The molecule has 0 unspecified atom stereocenters. The number of hydrogen-bond donors (Lipinski definition) is 2. The van der Waals surface area contributed by atoms with Gasteiger partial charge in [0, 0.05) is 13.5 Å². The van der Waals surface area contributed by atoms with Crippen LogP contribution in [0, 0.1) is 0 Å². The summed E-state index contributed by atoms with van der Waals surface area (Å²) in [5.74, 6) is 0.129. The van der Waals surface area contributed by atoms with Gasteiger partial charge < -0.3 is 15.5 Å². The maximum Gasteiger partial charge on any atom is 0.219 e. The highest BCUT2D eigenvalue weighted by Gasteiger charge is 1.96. The van der Waals surface area contributed by atoms with E-state index in [1.807, 2.05) is 0 Å². The number of carbonyl (C=O) groups excluding carboxylic acids is 1. The van der Waals surface area contributed by atoms with Crippen molar-refractivity contribution in [1.82, 2.24) is 15.5 Å². The molecule has 0 aliphatic carbocycles. The molecule has 0 saturated carbocycles. The lowest BCUT2D eigenvalue weighted by atomic mass is 10.2. The highest BCUT2D eigenvalue weighted by Crippen LogP contribution is 1.90. The molecule has 0 rings (SSSR count). The van der Waals surface area contributed by atoms with Gasteiger partial charge in [-0.2, -0.15) is 0 Å². The van der Waals surface area contributed by atoms with E-state index in [1.54, 1.807) is 7.05 Å². The van der Waals surface area contributed by atoms with Gasteiger partial charge in [0.05, 0.1) is 0 Å². The van der Waals surface area contributed by atoms with Gasteiger partial charge >= 0.3 is 0 Å². The van der Waals surface area contributed by atoms with Crippen molar-refractivity contribution in [3.05, 3.63) is 0 Å². The van der Waals surface area contributed by atoms with Crippen molar-refractivity contribution in [3.63, 3.8) is 0 Å². The molecule has 1 amide bonds. The van der Waals surface area contributed by atoms with Crippen LogP contribution in [0.3, 0.4) is 0 Å². The Labute approximate surface area is 93.4 Å². The average molecular weight is 215 g/mol. The zero-order chi connectivity index (χ0) is 11.5. The summed E-state index contributed by atoms with van der Waals surface area (Å²) in [6.07, 6.45) is 3.99. The second-order valence-corrected chi connectivity index (χ2v) is 4.04. The second-order valence-electron chi connectivity index (χ2n) is 4.04. The summed E-state index contributed by atoms with van der Waals surface area (Å²) in [6, 6.07) is 0. The monoisotopic (exact) mass is 215 g/mol. The van der Waals surface area contributed by atoms with Gasteiger partial charge in [-0.1, -0.05) is 0 Å². The van der Waals surface area contributed by atoms with Crippen molar-refractivity contribution in [2.75, 3.05) is 40.8 Å². The minimum Gasteiger partial charge on any atom is -0.359 e. The van der Waals surface area contributed by atoms with Gasteiger partial charge in [0.1, 0.15) is 0 Å². The fraction of sp³-hybridized carbons (Fsp3) is 0.909. The Morgan fingerprint density at radius 1 is 1.13 bits per heavy atom. The molecule has 0 radical (unpaired) electrons. The summed E-state index contributed by atoms with van der Waals surface area (Å²) < 4.78 is 0. The summed E-state index contributed by atoms with van der Waals surface area (Å²) in [7, 11) is 5.87. The van der Waals surface area contributed by atoms with Crippen molar-refractivity contribution < 1.29 is 4.79 Å². The lowest BCUT2D eigenvalue weighted by molar-refractivity contribution is -0.120. The molecule has 4 nitrogen and oxygen atoms in total. The van der Waals surface area contributed by atoms with E-state index >= 15 is 0 Å². The molecule has 0 atom stereocenters. The van der Waals surface area contributed by atoms with E-state index in [4.69, 9.17) is 0 Å². The van der Waals surface area contributed by atoms with Crippen LogP contribution in [-0.4, -0.2) is 51.6 Å². The van der Waals surface area contributed by atoms with Crippen LogP contribution < -0.4 is 10.6 Å². The fourth-order valence-corrected chi connectivity index (χ4v) is 1.30. The first-order chi connectivity index (χ1) is 7.16. The Bertz CT molecular complexity index is 160. The molecule has 2 N–H and O–H groups in total. The van der Waals surface area contributed by atoms with Gasteiger partial charge in [-0.3, -0.25) is 4.79 Å². The molecule has 0 aromatic rings. The van der Waals surface area contributed by atoms with Crippen LogP contribution in [0.4, 0.5) is 0 Å². The molecule has 0 bridgehead atoms. The van der Waals surface area contributed by atoms with Crippen LogP contribution in [0.25, 0.3) is 0 Å². The molecule has 0 saturated heterocycles. The lowest BCUT2D eigenvalue weighted by Gasteiger charge is -2.09. The Morgan fingerprint density at radius 2 is 1.80 bits per heavy atom. The number of rotatable bonds is 9. The summed E-state index contributed by atoms with van der Waals surface area (Å²) >= 11 is 0. The minimum atomic E-state index is 0.129. The standard InChI is InChI=1S/C11H25N3O/c1-12-11(15)7-6-9-13-8-4-5-10-14(2)3/h13H,4-10H2,1-3H3,(H,12,15). The SMILES string of the molecule is CNC(=O)CCCNCCCCN(C)C. The van der Waals surface area contributed by atoms with Crippen LogP contribution in [0.5, 0.6) is 0 Å². The Kier molecular flexibility index (Phi) is 9.52. The first kappa shape index (κ1) is 14.4. The van der Waals surface area contributed by atoms with Gasteiger partial charge in [-0.05, 0) is 53.0 Å². The van der Waals surface area contributed by atoms with E-state index in [0.717, 1.165) is 26.1 Å².